The third kappa shape index (κ3) is 111. The van der Waals surface area contributed by atoms with Crippen molar-refractivity contribution in [3.63, 3.8) is 0 Å². The predicted octanol–water partition coefficient (Wildman–Crippen LogP) is 39.2. The van der Waals surface area contributed by atoms with Crippen molar-refractivity contribution in [2.75, 3.05) is 78.5 Å². The molecule has 0 aliphatic rings. The quantitative estimate of drug-likeness (QED) is 0.0346. The van der Waals surface area contributed by atoms with Gasteiger partial charge >= 0.3 is 0 Å². The van der Waals surface area contributed by atoms with Crippen molar-refractivity contribution >= 4 is 7.32 Å². The summed E-state index contributed by atoms with van der Waals surface area (Å²) in [5.41, 5.74) is 0. The minimum Gasteiger partial charge on any atom is -0.907 e. The molecule has 0 aliphatic heterocycles. The lowest BCUT2D eigenvalue weighted by atomic mass is 10.0. The van der Waals surface area contributed by atoms with E-state index < -0.39 is 7.32 Å². The van der Waals surface area contributed by atoms with Crippen LogP contribution in [0.3, 0.4) is 0 Å². The zero-order valence-corrected chi connectivity index (χ0v) is 91.5. The fourth-order valence-corrected chi connectivity index (χ4v) is 20.8. The van der Waals surface area contributed by atoms with Crippen LogP contribution in [0.4, 0.5) is 0 Å². The highest BCUT2D eigenvalue weighted by molar-refractivity contribution is 6.24. The molecule has 0 spiro atoms. The second kappa shape index (κ2) is 118. The van der Waals surface area contributed by atoms with Gasteiger partial charge in [0.2, 0.25) is 0 Å². The van der Waals surface area contributed by atoms with Crippen molar-refractivity contribution in [3.05, 3.63) is 0 Å². The van der Waals surface area contributed by atoms with Crippen molar-refractivity contribution in [2.24, 2.45) is 0 Å². The Morgan fingerprint density at radius 1 is 0.0945 bits per heavy atom. The van der Waals surface area contributed by atoms with Crippen LogP contribution < -0.4 is 15.1 Å². The Bertz CT molecular complexity index is 1520. The summed E-state index contributed by atoms with van der Waals surface area (Å²) in [6, 6.07) is 0. The average molecular weight is 1800 g/mol. The Morgan fingerprint density at radius 3 is 0.220 bits per heavy atom. The molecular formula is C120H252BN3O3. The van der Waals surface area contributed by atoms with Crippen molar-refractivity contribution < 1.29 is 28.5 Å². The first-order valence-electron chi connectivity index (χ1n) is 61.0. The average Bonchev–Trinajstić information content (AvgIpc) is 0.883. The van der Waals surface area contributed by atoms with Gasteiger partial charge in [-0.1, -0.05) is 584 Å². The van der Waals surface area contributed by atoms with E-state index in [-0.39, 0.29) is 0 Å². The fraction of sp³-hybridized carbons (Fsp3) is 1.00. The molecule has 7 heteroatoms. The molecule has 0 rings (SSSR count). The van der Waals surface area contributed by atoms with Crippen LogP contribution in [0.5, 0.6) is 0 Å². The van der Waals surface area contributed by atoms with Gasteiger partial charge in [-0.25, -0.2) is 0 Å². The van der Waals surface area contributed by atoms with E-state index in [1.807, 2.05) is 0 Å². The summed E-state index contributed by atoms with van der Waals surface area (Å²) in [5, 5.41) is 25.2. The van der Waals surface area contributed by atoms with E-state index >= 15 is 0 Å². The smallest absolute Gasteiger partial charge is 0.0786 e. The van der Waals surface area contributed by atoms with Gasteiger partial charge in [0.05, 0.1) is 78.5 Å². The van der Waals surface area contributed by atoms with Crippen molar-refractivity contribution in [1.82, 2.24) is 0 Å². The fourth-order valence-electron chi connectivity index (χ4n) is 20.8. The molecule has 0 aromatic heterocycles. The first-order chi connectivity index (χ1) is 62.5. The Morgan fingerprint density at radius 2 is 0.150 bits per heavy atom. The summed E-state index contributed by atoms with van der Waals surface area (Å²) in [7, 11) is -2.92. The van der Waals surface area contributed by atoms with Gasteiger partial charge in [0.1, 0.15) is 0 Å². The summed E-state index contributed by atoms with van der Waals surface area (Å²) < 4.78 is 4.37. The maximum Gasteiger partial charge on any atom is 0.0786 e. The van der Waals surface area contributed by atoms with E-state index in [9.17, 15) is 0 Å². The number of quaternary nitrogens is 3. The van der Waals surface area contributed by atoms with Crippen LogP contribution in [-0.2, 0) is 0 Å². The zero-order valence-electron chi connectivity index (χ0n) is 91.5. The van der Waals surface area contributed by atoms with E-state index in [1.165, 1.54) is 708 Å². The van der Waals surface area contributed by atoms with Crippen LogP contribution in [0, 0.1) is 0 Å². The SMILES string of the molecule is CCCCCCCCCCCCCCCC[N+](CCCC)(CCCC)CCCCCCCCCCCCCCCC.CCCCCCCCCCCCCCCC[N+](CCCC)(CCCC)CCCCCCCCCCCCCCCC.CCCCCCCCCCCCCCCC[N+](CCCC)(CCCC)CCCCCCCCCCCCCCCC.[O-]B([O-])[O-]. The Kier molecular flexibility index (Phi) is 124. The second-order valence-electron chi connectivity index (χ2n) is 42.7. The number of hydrogen-bond acceptors (Lipinski definition) is 3. The third-order valence-corrected chi connectivity index (χ3v) is 29.8. The summed E-state index contributed by atoms with van der Waals surface area (Å²) in [5.74, 6) is 0. The number of rotatable bonds is 108. The number of unbranched alkanes of at least 4 members (excludes halogenated alkanes) is 84. The van der Waals surface area contributed by atoms with Crippen LogP contribution in [0.25, 0.3) is 0 Å². The lowest BCUT2D eigenvalue weighted by Gasteiger charge is -2.39. The molecule has 0 aliphatic carbocycles. The molecular weight excluding hydrogens is 1540 g/mol. The van der Waals surface area contributed by atoms with E-state index in [4.69, 9.17) is 15.1 Å². The molecule has 0 atom stereocenters. The van der Waals surface area contributed by atoms with Crippen LogP contribution in [0.2, 0.25) is 0 Å². The minimum absolute atomic E-state index is 1.36. The van der Waals surface area contributed by atoms with Crippen LogP contribution in [-0.4, -0.2) is 99.3 Å². The topological polar surface area (TPSA) is 69.2 Å². The van der Waals surface area contributed by atoms with E-state index in [0.29, 0.717) is 0 Å². The highest BCUT2D eigenvalue weighted by atomic mass is 16.5. The van der Waals surface area contributed by atoms with Gasteiger partial charge in [-0.2, -0.15) is 0 Å². The Balaban J connectivity index is -0.000000873. The molecule has 768 valence electrons. The highest BCUT2D eigenvalue weighted by Crippen LogP contribution is 2.27. The summed E-state index contributed by atoms with van der Waals surface area (Å²) in [4.78, 5) is 0. The molecule has 0 saturated heterocycles. The summed E-state index contributed by atoms with van der Waals surface area (Å²) in [6.45, 7) is 45.8. The molecule has 0 unspecified atom stereocenters. The van der Waals surface area contributed by atoms with Gasteiger partial charge in [-0.05, 0) is 116 Å². The summed E-state index contributed by atoms with van der Waals surface area (Å²) >= 11 is 0. The molecule has 127 heavy (non-hydrogen) atoms. The van der Waals surface area contributed by atoms with Gasteiger partial charge in [0, 0.05) is 0 Å². The van der Waals surface area contributed by atoms with Gasteiger partial charge in [-0.3, -0.25) is 7.32 Å². The Labute approximate surface area is 808 Å². The second-order valence-corrected chi connectivity index (χ2v) is 42.7. The van der Waals surface area contributed by atoms with E-state index in [1.54, 1.807) is 0 Å². The molecule has 0 bridgehead atoms. The number of nitrogens with zero attached hydrogens (tertiary/aromatic N) is 3. The van der Waals surface area contributed by atoms with Crippen LogP contribution >= 0.6 is 0 Å². The van der Waals surface area contributed by atoms with Crippen molar-refractivity contribution in [1.29, 1.82) is 0 Å². The maximum absolute atomic E-state index is 8.42. The Hall–Kier alpha value is -0.175. The first kappa shape index (κ1) is 133. The summed E-state index contributed by atoms with van der Waals surface area (Å²) in [6.07, 6.45) is 140. The third-order valence-electron chi connectivity index (χ3n) is 29.8. The molecule has 0 saturated carbocycles. The molecule has 0 aromatic carbocycles. The van der Waals surface area contributed by atoms with E-state index in [2.05, 4.69) is 83.1 Å². The highest BCUT2D eigenvalue weighted by Gasteiger charge is 2.28. The predicted molar refractivity (Wildman–Crippen MR) is 576 cm³/mol. The maximum atomic E-state index is 8.42. The molecule has 0 heterocycles. The molecule has 0 aromatic rings. The van der Waals surface area contributed by atoms with E-state index in [0.717, 1.165) is 0 Å². The zero-order chi connectivity index (χ0) is 93.4. The monoisotopic (exact) mass is 1790 g/mol. The molecule has 0 amide bonds. The van der Waals surface area contributed by atoms with Crippen LogP contribution in [0.1, 0.15) is 699 Å². The lowest BCUT2D eigenvalue weighted by molar-refractivity contribution is -0.929. The van der Waals surface area contributed by atoms with Gasteiger partial charge in [0.15, 0.2) is 0 Å². The first-order valence-corrected chi connectivity index (χ1v) is 61.0. The minimum atomic E-state index is -2.92. The van der Waals surface area contributed by atoms with Gasteiger partial charge in [0.25, 0.3) is 0 Å². The molecule has 0 N–H and O–H groups in total. The van der Waals surface area contributed by atoms with Gasteiger partial charge in [-0.15, -0.1) is 0 Å². The van der Waals surface area contributed by atoms with Gasteiger partial charge < -0.3 is 28.5 Å². The van der Waals surface area contributed by atoms with Crippen molar-refractivity contribution in [3.8, 4) is 0 Å². The lowest BCUT2D eigenvalue weighted by Crippen LogP contribution is -2.56. The standard InChI is InChI=1S/3C40H84N.BO3/c3*1-5-9-13-15-17-19-21-23-25-27-29-31-33-35-39-41(37-11-7-3,38-12-8-4)40-36-34-32-30-28-26-24-22-20-18-16-14-10-6-2;2-1(3)4/h3*5-40H2,1-4H3;/q3*+1;-3. The van der Waals surface area contributed by atoms with Crippen LogP contribution in [0.15, 0.2) is 0 Å². The molecule has 6 nitrogen and oxygen atoms in total. The largest absolute Gasteiger partial charge is 0.907 e. The molecule has 0 radical (unpaired) electrons. The molecule has 0 fully saturated rings. The normalized spacial score (nSPS) is 11.8. The number of hydrogen-bond donors (Lipinski definition) is 0. The van der Waals surface area contributed by atoms with Crippen molar-refractivity contribution in [2.45, 2.75) is 699 Å².